The lowest BCUT2D eigenvalue weighted by atomic mass is 9.95. The second-order valence-electron chi connectivity index (χ2n) is 4.72. The molecule has 0 radical (unpaired) electrons. The number of carbonyl (C=O) groups is 1. The van der Waals surface area contributed by atoms with E-state index in [9.17, 15) is 4.79 Å². The van der Waals surface area contributed by atoms with Gasteiger partial charge < -0.3 is 14.2 Å². The van der Waals surface area contributed by atoms with Crippen LogP contribution in [0.25, 0.3) is 0 Å². The van der Waals surface area contributed by atoms with Crippen LogP contribution in [-0.4, -0.2) is 62.5 Å². The normalized spacial score (nSPS) is 20.4. The number of morpholine rings is 1. The first-order valence-corrected chi connectivity index (χ1v) is 6.68. The molecule has 0 aromatic rings. The summed E-state index contributed by atoms with van der Waals surface area (Å²) in [6.07, 6.45) is 0.362. The van der Waals surface area contributed by atoms with Crippen LogP contribution in [0.1, 0.15) is 27.2 Å². The average Bonchev–Trinajstić information content (AvgIpc) is 2.38. The van der Waals surface area contributed by atoms with E-state index >= 15 is 0 Å². The van der Waals surface area contributed by atoms with Crippen LogP contribution in [0.3, 0.4) is 0 Å². The maximum absolute atomic E-state index is 11.7. The van der Waals surface area contributed by atoms with Crippen molar-refractivity contribution in [2.75, 3.05) is 46.1 Å². The van der Waals surface area contributed by atoms with Crippen LogP contribution in [0.5, 0.6) is 0 Å². The summed E-state index contributed by atoms with van der Waals surface area (Å²) in [5.74, 6) is -0.161. The lowest BCUT2D eigenvalue weighted by Crippen LogP contribution is -2.55. The van der Waals surface area contributed by atoms with Gasteiger partial charge in [0.1, 0.15) is 0 Å². The largest absolute Gasteiger partial charge is 0.466 e. The molecule has 1 unspecified atom stereocenters. The van der Waals surface area contributed by atoms with Crippen LogP contribution in [0.15, 0.2) is 0 Å². The highest BCUT2D eigenvalue weighted by Gasteiger charge is 2.36. The van der Waals surface area contributed by atoms with Crippen LogP contribution < -0.4 is 0 Å². The SMILES string of the molecule is CCOCC(C)(CC(=O)OCC)N1CCOCC1. The second-order valence-corrected chi connectivity index (χ2v) is 4.72. The minimum atomic E-state index is -0.300. The van der Waals surface area contributed by atoms with Crippen molar-refractivity contribution in [1.82, 2.24) is 4.90 Å². The summed E-state index contributed by atoms with van der Waals surface area (Å²) < 4.78 is 15.9. The second kappa shape index (κ2) is 7.71. The Balaban J connectivity index is 2.63. The Morgan fingerprint density at radius 1 is 1.28 bits per heavy atom. The smallest absolute Gasteiger partial charge is 0.307 e. The van der Waals surface area contributed by atoms with Crippen LogP contribution in [0, 0.1) is 0 Å². The number of nitrogens with zero attached hydrogens (tertiary/aromatic N) is 1. The van der Waals surface area contributed by atoms with Gasteiger partial charge in [-0.2, -0.15) is 0 Å². The molecule has 0 spiro atoms. The van der Waals surface area contributed by atoms with Gasteiger partial charge in [0.05, 0.1) is 38.4 Å². The fraction of sp³-hybridized carbons (Fsp3) is 0.923. The molecule has 1 saturated heterocycles. The van der Waals surface area contributed by atoms with Gasteiger partial charge in [-0.3, -0.25) is 9.69 Å². The molecule has 1 atom stereocenters. The molecule has 0 aromatic carbocycles. The summed E-state index contributed by atoms with van der Waals surface area (Å²) in [5, 5.41) is 0. The minimum Gasteiger partial charge on any atom is -0.466 e. The first-order valence-electron chi connectivity index (χ1n) is 6.68. The molecule has 1 fully saturated rings. The molecule has 1 heterocycles. The van der Waals surface area contributed by atoms with Gasteiger partial charge in [0.2, 0.25) is 0 Å². The number of ether oxygens (including phenoxy) is 3. The average molecular weight is 259 g/mol. The molecule has 0 aliphatic carbocycles. The van der Waals surface area contributed by atoms with Crippen molar-refractivity contribution < 1.29 is 19.0 Å². The molecule has 0 bridgehead atoms. The van der Waals surface area contributed by atoms with Crippen molar-refractivity contribution in [1.29, 1.82) is 0 Å². The van der Waals surface area contributed by atoms with Crippen LogP contribution in [-0.2, 0) is 19.0 Å². The lowest BCUT2D eigenvalue weighted by molar-refractivity contribution is -0.149. The van der Waals surface area contributed by atoms with E-state index in [4.69, 9.17) is 14.2 Å². The Morgan fingerprint density at radius 2 is 1.94 bits per heavy atom. The quantitative estimate of drug-likeness (QED) is 0.640. The van der Waals surface area contributed by atoms with Gasteiger partial charge in [-0.1, -0.05) is 0 Å². The molecule has 1 rings (SSSR count). The van der Waals surface area contributed by atoms with Crippen LogP contribution in [0.2, 0.25) is 0 Å². The predicted molar refractivity (Wildman–Crippen MR) is 68.5 cm³/mol. The first kappa shape index (κ1) is 15.4. The third-order valence-electron chi connectivity index (χ3n) is 3.22. The Labute approximate surface area is 109 Å². The molecule has 5 heteroatoms. The molecule has 18 heavy (non-hydrogen) atoms. The van der Waals surface area contributed by atoms with Crippen molar-refractivity contribution in [2.45, 2.75) is 32.7 Å². The Bertz CT molecular complexity index is 253. The molecule has 0 amide bonds. The molecular formula is C13H25NO4. The molecule has 0 N–H and O–H groups in total. The van der Waals surface area contributed by atoms with Crippen molar-refractivity contribution in [2.24, 2.45) is 0 Å². The van der Waals surface area contributed by atoms with E-state index < -0.39 is 0 Å². The van der Waals surface area contributed by atoms with Gasteiger partial charge in [0.15, 0.2) is 0 Å². The van der Waals surface area contributed by atoms with Crippen molar-refractivity contribution in [3.63, 3.8) is 0 Å². The highest BCUT2D eigenvalue weighted by Crippen LogP contribution is 2.22. The third kappa shape index (κ3) is 4.55. The molecule has 0 saturated carbocycles. The fourth-order valence-electron chi connectivity index (χ4n) is 2.20. The summed E-state index contributed by atoms with van der Waals surface area (Å²) in [6.45, 7) is 10.6. The van der Waals surface area contributed by atoms with Gasteiger partial charge in [-0.25, -0.2) is 0 Å². The third-order valence-corrected chi connectivity index (χ3v) is 3.22. The summed E-state index contributed by atoms with van der Waals surface area (Å²) in [5.41, 5.74) is -0.300. The fourth-order valence-corrected chi connectivity index (χ4v) is 2.20. The summed E-state index contributed by atoms with van der Waals surface area (Å²) in [7, 11) is 0. The van der Waals surface area contributed by atoms with Crippen molar-refractivity contribution >= 4 is 5.97 Å². The Morgan fingerprint density at radius 3 is 2.50 bits per heavy atom. The van der Waals surface area contributed by atoms with E-state index in [2.05, 4.69) is 11.8 Å². The zero-order chi connectivity index (χ0) is 13.4. The van der Waals surface area contributed by atoms with Gasteiger partial charge in [-0.05, 0) is 20.8 Å². The van der Waals surface area contributed by atoms with Gasteiger partial charge in [0.25, 0.3) is 0 Å². The monoisotopic (exact) mass is 259 g/mol. The molecule has 5 nitrogen and oxygen atoms in total. The van der Waals surface area contributed by atoms with Gasteiger partial charge in [0, 0.05) is 19.7 Å². The number of hydrogen-bond acceptors (Lipinski definition) is 5. The lowest BCUT2D eigenvalue weighted by Gasteiger charge is -2.42. The zero-order valence-corrected chi connectivity index (χ0v) is 11.7. The van der Waals surface area contributed by atoms with E-state index in [0.29, 0.717) is 39.5 Å². The van der Waals surface area contributed by atoms with E-state index in [0.717, 1.165) is 13.1 Å². The highest BCUT2D eigenvalue weighted by molar-refractivity contribution is 5.70. The topological polar surface area (TPSA) is 48.0 Å². The number of rotatable bonds is 7. The zero-order valence-electron chi connectivity index (χ0n) is 11.7. The van der Waals surface area contributed by atoms with E-state index in [1.807, 2.05) is 13.8 Å². The molecule has 106 valence electrons. The summed E-state index contributed by atoms with van der Waals surface area (Å²) >= 11 is 0. The maximum atomic E-state index is 11.7. The molecular weight excluding hydrogens is 234 g/mol. The maximum Gasteiger partial charge on any atom is 0.307 e. The standard InChI is InChI=1S/C13H25NO4/c1-4-16-11-13(3,10-12(15)18-5-2)14-6-8-17-9-7-14/h4-11H2,1-3H3. The molecule has 1 aliphatic heterocycles. The van der Waals surface area contributed by atoms with Crippen LogP contribution in [0.4, 0.5) is 0 Å². The number of hydrogen-bond donors (Lipinski definition) is 0. The van der Waals surface area contributed by atoms with Crippen molar-refractivity contribution in [3.8, 4) is 0 Å². The predicted octanol–water partition coefficient (Wildman–Crippen LogP) is 1.07. The molecule has 1 aliphatic rings. The van der Waals surface area contributed by atoms with E-state index in [1.165, 1.54) is 0 Å². The van der Waals surface area contributed by atoms with E-state index in [1.54, 1.807) is 0 Å². The first-order chi connectivity index (χ1) is 8.62. The highest BCUT2D eigenvalue weighted by atomic mass is 16.5. The number of esters is 1. The van der Waals surface area contributed by atoms with Crippen molar-refractivity contribution in [3.05, 3.63) is 0 Å². The van der Waals surface area contributed by atoms with E-state index in [-0.39, 0.29) is 11.5 Å². The summed E-state index contributed by atoms with van der Waals surface area (Å²) in [4.78, 5) is 14.0. The minimum absolute atomic E-state index is 0.161. The summed E-state index contributed by atoms with van der Waals surface area (Å²) in [6, 6.07) is 0. The van der Waals surface area contributed by atoms with Gasteiger partial charge >= 0.3 is 5.97 Å². The Kier molecular flexibility index (Phi) is 6.60. The van der Waals surface area contributed by atoms with Crippen LogP contribution >= 0.6 is 0 Å². The van der Waals surface area contributed by atoms with Gasteiger partial charge in [-0.15, -0.1) is 0 Å². The number of carbonyl (C=O) groups excluding carboxylic acids is 1. The molecule has 0 aromatic heterocycles. The Hall–Kier alpha value is -0.650.